The van der Waals surface area contributed by atoms with Gasteiger partial charge >= 0.3 is 0 Å². The summed E-state index contributed by atoms with van der Waals surface area (Å²) in [5.41, 5.74) is 2.53. The van der Waals surface area contributed by atoms with Gasteiger partial charge in [0.1, 0.15) is 0 Å². The largest absolute Gasteiger partial charge is 0.332 e. The van der Waals surface area contributed by atoms with E-state index in [-0.39, 0.29) is 0 Å². The van der Waals surface area contributed by atoms with Crippen LogP contribution in [-0.4, -0.2) is 17.6 Å². The van der Waals surface area contributed by atoms with Gasteiger partial charge < -0.3 is 10.2 Å². The predicted octanol–water partition coefficient (Wildman–Crippen LogP) is 5.50. The van der Waals surface area contributed by atoms with Gasteiger partial charge in [-0.05, 0) is 37.5 Å². The van der Waals surface area contributed by atoms with Crippen LogP contribution in [0.2, 0.25) is 0 Å². The molecule has 2 aromatic carbocycles. The zero-order chi connectivity index (χ0) is 17.5. The molecule has 0 bridgehead atoms. The maximum Gasteiger partial charge on any atom is 0.0966 e. The van der Waals surface area contributed by atoms with Gasteiger partial charge in [0.05, 0.1) is 4.99 Å². The molecule has 3 heteroatoms. The summed E-state index contributed by atoms with van der Waals surface area (Å²) in [6.45, 7) is 2.93. The maximum atomic E-state index is 5.87. The van der Waals surface area contributed by atoms with Crippen LogP contribution in [0.15, 0.2) is 60.7 Å². The highest BCUT2D eigenvalue weighted by atomic mass is 32.1. The molecule has 1 atom stereocenters. The van der Waals surface area contributed by atoms with Gasteiger partial charge in [0, 0.05) is 24.3 Å². The van der Waals surface area contributed by atoms with Gasteiger partial charge in [0.15, 0.2) is 0 Å². The van der Waals surface area contributed by atoms with E-state index in [9.17, 15) is 0 Å². The second-order valence-corrected chi connectivity index (χ2v) is 7.38. The van der Waals surface area contributed by atoms with Crippen LogP contribution in [0.25, 0.3) is 0 Å². The molecule has 1 aliphatic rings. The summed E-state index contributed by atoms with van der Waals surface area (Å²) in [4.78, 5) is 3.40. The third-order valence-corrected chi connectivity index (χ3v) is 5.44. The first-order valence-electron chi connectivity index (χ1n) is 9.41. The van der Waals surface area contributed by atoms with Crippen LogP contribution in [0.4, 0.5) is 5.69 Å². The topological polar surface area (TPSA) is 15.3 Å². The molecule has 132 valence electrons. The number of nitrogens with zero attached hydrogens (tertiary/aromatic N) is 1. The lowest BCUT2D eigenvalue weighted by molar-refractivity contribution is 0.439. The van der Waals surface area contributed by atoms with Crippen molar-refractivity contribution in [2.75, 3.05) is 11.4 Å². The summed E-state index contributed by atoms with van der Waals surface area (Å²) in [5.74, 6) is 0. The van der Waals surface area contributed by atoms with Crippen molar-refractivity contribution in [3.05, 3.63) is 66.2 Å². The van der Waals surface area contributed by atoms with Crippen LogP contribution < -0.4 is 10.2 Å². The van der Waals surface area contributed by atoms with Crippen molar-refractivity contribution in [3.8, 4) is 0 Å². The Hall–Kier alpha value is -1.71. The van der Waals surface area contributed by atoms with Gasteiger partial charge in [-0.3, -0.25) is 0 Å². The Labute approximate surface area is 157 Å². The van der Waals surface area contributed by atoms with E-state index < -0.39 is 0 Å². The van der Waals surface area contributed by atoms with Gasteiger partial charge in [0.2, 0.25) is 0 Å². The lowest BCUT2D eigenvalue weighted by atomic mass is 9.93. The Bertz CT molecular complexity index is 650. The van der Waals surface area contributed by atoms with Crippen molar-refractivity contribution in [1.29, 1.82) is 0 Å². The summed E-state index contributed by atoms with van der Waals surface area (Å²) in [6, 6.07) is 22.0. The van der Waals surface area contributed by atoms with Gasteiger partial charge in [-0.2, -0.15) is 0 Å². The summed E-state index contributed by atoms with van der Waals surface area (Å²) >= 11 is 5.87. The molecule has 0 aromatic heterocycles. The quantitative estimate of drug-likeness (QED) is 0.691. The van der Waals surface area contributed by atoms with Crippen molar-refractivity contribution in [2.24, 2.45) is 0 Å². The normalized spacial score (nSPS) is 16.4. The van der Waals surface area contributed by atoms with Crippen LogP contribution >= 0.6 is 12.2 Å². The minimum absolute atomic E-state index is 0.295. The van der Waals surface area contributed by atoms with E-state index in [1.165, 1.54) is 43.4 Å². The SMILES string of the molecule is CC(NCC(=S)N(c1ccccc1)C1CCCCC1)c1ccccc1. The standard InChI is InChI=1S/C22H28N2S/c1-18(19-11-5-2-6-12-19)23-17-22(25)24(20-13-7-3-8-14-20)21-15-9-4-10-16-21/h2-3,5-8,11-14,18,21,23H,4,9-10,15-17H2,1H3. The Morgan fingerprint density at radius 2 is 1.60 bits per heavy atom. The average molecular weight is 353 g/mol. The molecule has 1 saturated carbocycles. The molecule has 0 amide bonds. The first-order chi connectivity index (χ1) is 12.3. The smallest absolute Gasteiger partial charge is 0.0966 e. The molecule has 1 N–H and O–H groups in total. The highest BCUT2D eigenvalue weighted by molar-refractivity contribution is 7.80. The van der Waals surface area contributed by atoms with Crippen molar-refractivity contribution in [3.63, 3.8) is 0 Å². The number of anilines is 1. The number of thiocarbonyl (C=S) groups is 1. The molecule has 2 nitrogen and oxygen atoms in total. The van der Waals surface area contributed by atoms with Crippen LogP contribution in [0, 0.1) is 0 Å². The third kappa shape index (κ3) is 4.90. The Balaban J connectivity index is 1.68. The summed E-state index contributed by atoms with van der Waals surface area (Å²) in [7, 11) is 0. The molecule has 1 aliphatic carbocycles. The van der Waals surface area contributed by atoms with Crippen molar-refractivity contribution < 1.29 is 0 Å². The molecule has 1 unspecified atom stereocenters. The number of nitrogens with one attached hydrogen (secondary N) is 1. The highest BCUT2D eigenvalue weighted by Crippen LogP contribution is 2.28. The number of hydrogen-bond acceptors (Lipinski definition) is 2. The Kier molecular flexibility index (Phi) is 6.60. The Morgan fingerprint density at radius 1 is 1.00 bits per heavy atom. The van der Waals surface area contributed by atoms with E-state index in [1.54, 1.807) is 0 Å². The number of benzene rings is 2. The molecule has 0 radical (unpaired) electrons. The monoisotopic (exact) mass is 352 g/mol. The lowest BCUT2D eigenvalue weighted by Crippen LogP contribution is -2.45. The summed E-state index contributed by atoms with van der Waals surface area (Å²) in [5, 5.41) is 3.61. The van der Waals surface area contributed by atoms with Gasteiger partial charge in [-0.25, -0.2) is 0 Å². The van der Waals surface area contributed by atoms with Crippen LogP contribution in [0.3, 0.4) is 0 Å². The minimum Gasteiger partial charge on any atom is -0.332 e. The average Bonchev–Trinajstić information content (AvgIpc) is 2.69. The molecule has 2 aromatic rings. The van der Waals surface area contributed by atoms with E-state index >= 15 is 0 Å². The van der Waals surface area contributed by atoms with Crippen molar-refractivity contribution >= 4 is 22.9 Å². The van der Waals surface area contributed by atoms with Crippen LogP contribution in [-0.2, 0) is 0 Å². The molecular formula is C22H28N2S. The predicted molar refractivity (Wildman–Crippen MR) is 111 cm³/mol. The Morgan fingerprint density at radius 3 is 2.24 bits per heavy atom. The first kappa shape index (κ1) is 18.1. The van der Waals surface area contributed by atoms with Crippen LogP contribution in [0.1, 0.15) is 50.6 Å². The second-order valence-electron chi connectivity index (χ2n) is 6.90. The van der Waals surface area contributed by atoms with E-state index in [2.05, 4.69) is 77.8 Å². The molecule has 25 heavy (non-hydrogen) atoms. The van der Waals surface area contributed by atoms with Gasteiger partial charge in [-0.15, -0.1) is 0 Å². The number of rotatable bonds is 6. The zero-order valence-electron chi connectivity index (χ0n) is 15.0. The van der Waals surface area contributed by atoms with E-state index in [4.69, 9.17) is 12.2 Å². The third-order valence-electron chi connectivity index (χ3n) is 5.10. The molecule has 3 rings (SSSR count). The van der Waals surface area contributed by atoms with E-state index in [0.29, 0.717) is 12.1 Å². The van der Waals surface area contributed by atoms with E-state index in [0.717, 1.165) is 11.5 Å². The highest BCUT2D eigenvalue weighted by Gasteiger charge is 2.24. The molecule has 0 spiro atoms. The van der Waals surface area contributed by atoms with Gasteiger partial charge in [-0.1, -0.05) is 80.0 Å². The maximum absolute atomic E-state index is 5.87. The lowest BCUT2D eigenvalue weighted by Gasteiger charge is -2.36. The summed E-state index contributed by atoms with van der Waals surface area (Å²) in [6.07, 6.45) is 6.46. The first-order valence-corrected chi connectivity index (χ1v) is 9.82. The fraction of sp³-hybridized carbons (Fsp3) is 0.409. The van der Waals surface area contributed by atoms with E-state index in [1.807, 2.05) is 0 Å². The van der Waals surface area contributed by atoms with Crippen molar-refractivity contribution in [1.82, 2.24) is 5.32 Å². The zero-order valence-corrected chi connectivity index (χ0v) is 15.8. The molecule has 0 saturated heterocycles. The van der Waals surface area contributed by atoms with Crippen LogP contribution in [0.5, 0.6) is 0 Å². The molecular weight excluding hydrogens is 324 g/mol. The number of hydrogen-bond donors (Lipinski definition) is 1. The fourth-order valence-corrected chi connectivity index (χ4v) is 4.01. The molecule has 1 fully saturated rings. The van der Waals surface area contributed by atoms with Crippen molar-refractivity contribution in [2.45, 2.75) is 51.1 Å². The fourth-order valence-electron chi connectivity index (χ4n) is 3.67. The number of para-hydroxylation sites is 1. The second kappa shape index (κ2) is 9.12. The summed E-state index contributed by atoms with van der Waals surface area (Å²) < 4.78 is 0. The minimum atomic E-state index is 0.295. The van der Waals surface area contributed by atoms with Gasteiger partial charge in [0.25, 0.3) is 0 Å². The molecule has 0 heterocycles. The molecule has 0 aliphatic heterocycles.